The number of phenolic OH excluding ortho intramolecular Hbond substituents is 1. The van der Waals surface area contributed by atoms with Crippen molar-refractivity contribution >= 4 is 16.8 Å². The molecule has 0 amide bonds. The van der Waals surface area contributed by atoms with Gasteiger partial charge in [-0.2, -0.15) is 0 Å². The first-order valence-corrected chi connectivity index (χ1v) is 5.59. The molecule has 0 aliphatic rings. The third-order valence-electron chi connectivity index (χ3n) is 1.48. The Kier molecular flexibility index (Phi) is 3.64. The SMILES string of the molecule is CS(=O)COC(=O)c1ccccc1O. The second-order valence-electron chi connectivity index (χ2n) is 2.64. The van der Waals surface area contributed by atoms with Crippen molar-refractivity contribution in [3.63, 3.8) is 0 Å². The normalized spacial score (nSPS) is 12.1. The maximum atomic E-state index is 11.3. The summed E-state index contributed by atoms with van der Waals surface area (Å²) in [5, 5.41) is 9.27. The fourth-order valence-electron chi connectivity index (χ4n) is 0.861. The van der Waals surface area contributed by atoms with Crippen LogP contribution < -0.4 is 0 Å². The molecule has 0 fully saturated rings. The van der Waals surface area contributed by atoms with Crippen molar-refractivity contribution in [2.24, 2.45) is 0 Å². The Hall–Kier alpha value is -1.36. The molecule has 1 unspecified atom stereocenters. The standard InChI is InChI=1S/C9H10O4S/c1-14(12)6-13-9(11)7-4-2-3-5-8(7)10/h2-5,10H,6H2,1H3. The minimum atomic E-state index is -1.19. The van der Waals surface area contributed by atoms with Crippen molar-refractivity contribution < 1.29 is 18.8 Å². The molecule has 0 spiro atoms. The van der Waals surface area contributed by atoms with Crippen molar-refractivity contribution in [2.45, 2.75) is 0 Å². The molecule has 1 N–H and O–H groups in total. The molecule has 0 saturated carbocycles. The summed E-state index contributed by atoms with van der Waals surface area (Å²) in [5.74, 6) is -0.967. The van der Waals surface area contributed by atoms with Crippen LogP contribution in [0.1, 0.15) is 10.4 Å². The van der Waals surface area contributed by atoms with E-state index in [0.717, 1.165) is 0 Å². The predicted molar refractivity (Wildman–Crippen MR) is 52.5 cm³/mol. The van der Waals surface area contributed by atoms with E-state index in [9.17, 15) is 14.1 Å². The van der Waals surface area contributed by atoms with E-state index >= 15 is 0 Å². The molecule has 0 saturated heterocycles. The molecule has 0 aromatic heterocycles. The molecule has 1 rings (SSSR count). The van der Waals surface area contributed by atoms with E-state index in [4.69, 9.17) is 0 Å². The molecule has 0 heterocycles. The zero-order valence-electron chi connectivity index (χ0n) is 7.60. The summed E-state index contributed by atoms with van der Waals surface area (Å²) in [7, 11) is -1.19. The van der Waals surface area contributed by atoms with Crippen molar-refractivity contribution in [2.75, 3.05) is 12.2 Å². The monoisotopic (exact) mass is 214 g/mol. The summed E-state index contributed by atoms with van der Waals surface area (Å²) in [6.45, 7) is 0. The number of aromatic hydroxyl groups is 1. The largest absolute Gasteiger partial charge is 0.507 e. The van der Waals surface area contributed by atoms with Crippen LogP contribution in [0.5, 0.6) is 5.75 Å². The van der Waals surface area contributed by atoms with Crippen LogP contribution in [0.25, 0.3) is 0 Å². The number of hydrogen-bond acceptors (Lipinski definition) is 4. The van der Waals surface area contributed by atoms with Crippen LogP contribution in [-0.2, 0) is 15.5 Å². The van der Waals surface area contributed by atoms with E-state index in [2.05, 4.69) is 4.74 Å². The van der Waals surface area contributed by atoms with Crippen molar-refractivity contribution in [1.82, 2.24) is 0 Å². The molecule has 4 nitrogen and oxygen atoms in total. The number of para-hydroxylation sites is 1. The molecule has 0 aliphatic carbocycles. The second-order valence-corrected chi connectivity index (χ2v) is 4.02. The van der Waals surface area contributed by atoms with Gasteiger partial charge in [-0.05, 0) is 12.1 Å². The molecule has 5 heteroatoms. The highest BCUT2D eigenvalue weighted by atomic mass is 32.2. The number of carbonyl (C=O) groups is 1. The smallest absolute Gasteiger partial charge is 0.342 e. The highest BCUT2D eigenvalue weighted by Gasteiger charge is 2.11. The first-order valence-electron chi connectivity index (χ1n) is 3.86. The molecule has 0 aliphatic heterocycles. The Balaban J connectivity index is 2.70. The van der Waals surface area contributed by atoms with Gasteiger partial charge in [0.1, 0.15) is 11.3 Å². The fraction of sp³-hybridized carbons (Fsp3) is 0.222. The number of carbonyl (C=O) groups excluding carboxylic acids is 1. The van der Waals surface area contributed by atoms with Crippen LogP contribution in [-0.4, -0.2) is 27.5 Å². The number of phenols is 1. The van der Waals surface area contributed by atoms with E-state index < -0.39 is 16.8 Å². The van der Waals surface area contributed by atoms with E-state index in [1.54, 1.807) is 12.1 Å². The number of benzene rings is 1. The third kappa shape index (κ3) is 2.85. The summed E-state index contributed by atoms with van der Waals surface area (Å²) in [6.07, 6.45) is 1.43. The summed E-state index contributed by atoms with van der Waals surface area (Å²) >= 11 is 0. The molecule has 1 aromatic rings. The van der Waals surface area contributed by atoms with Gasteiger partial charge in [0.25, 0.3) is 0 Å². The Morgan fingerprint density at radius 1 is 1.50 bits per heavy atom. The topological polar surface area (TPSA) is 63.6 Å². The maximum absolute atomic E-state index is 11.3. The van der Waals surface area contributed by atoms with Gasteiger partial charge in [0.2, 0.25) is 0 Å². The van der Waals surface area contributed by atoms with Gasteiger partial charge in [0.05, 0.1) is 10.8 Å². The first-order chi connectivity index (χ1) is 6.61. The number of hydrogen-bond donors (Lipinski definition) is 1. The lowest BCUT2D eigenvalue weighted by molar-refractivity contribution is 0.0572. The van der Waals surface area contributed by atoms with Gasteiger partial charge in [-0.25, -0.2) is 4.79 Å². The zero-order chi connectivity index (χ0) is 10.6. The summed E-state index contributed by atoms with van der Waals surface area (Å²) in [6, 6.07) is 6.04. The summed E-state index contributed by atoms with van der Waals surface area (Å²) in [5.41, 5.74) is 0.0814. The van der Waals surface area contributed by atoms with E-state index in [1.165, 1.54) is 18.4 Å². The molecule has 14 heavy (non-hydrogen) atoms. The lowest BCUT2D eigenvalue weighted by Crippen LogP contribution is -2.09. The van der Waals surface area contributed by atoms with Crippen LogP contribution in [0.4, 0.5) is 0 Å². The number of ether oxygens (including phenoxy) is 1. The summed E-state index contributed by atoms with van der Waals surface area (Å²) in [4.78, 5) is 11.3. The molecule has 0 radical (unpaired) electrons. The Morgan fingerprint density at radius 2 is 2.14 bits per heavy atom. The predicted octanol–water partition coefficient (Wildman–Crippen LogP) is 0.885. The quantitative estimate of drug-likeness (QED) is 0.759. The second kappa shape index (κ2) is 4.76. The third-order valence-corrected chi connectivity index (χ3v) is 1.93. The van der Waals surface area contributed by atoms with E-state index in [1.807, 2.05) is 0 Å². The van der Waals surface area contributed by atoms with Gasteiger partial charge in [0, 0.05) is 6.26 Å². The van der Waals surface area contributed by atoms with Gasteiger partial charge in [-0.1, -0.05) is 12.1 Å². The van der Waals surface area contributed by atoms with Crippen molar-refractivity contribution in [1.29, 1.82) is 0 Å². The van der Waals surface area contributed by atoms with Crippen LogP contribution in [0, 0.1) is 0 Å². The highest BCUT2D eigenvalue weighted by Crippen LogP contribution is 2.16. The van der Waals surface area contributed by atoms with Crippen molar-refractivity contribution in [3.8, 4) is 5.75 Å². The highest BCUT2D eigenvalue weighted by molar-refractivity contribution is 7.84. The van der Waals surface area contributed by atoms with Gasteiger partial charge >= 0.3 is 5.97 Å². The van der Waals surface area contributed by atoms with Gasteiger partial charge in [-0.3, -0.25) is 4.21 Å². The number of rotatable bonds is 3. The van der Waals surface area contributed by atoms with Crippen molar-refractivity contribution in [3.05, 3.63) is 29.8 Å². The van der Waals surface area contributed by atoms with Crippen LogP contribution in [0.2, 0.25) is 0 Å². The molecule has 1 aromatic carbocycles. The fourth-order valence-corrected chi connectivity index (χ4v) is 1.13. The van der Waals surface area contributed by atoms with Gasteiger partial charge in [0.15, 0.2) is 5.94 Å². The van der Waals surface area contributed by atoms with Gasteiger partial charge < -0.3 is 9.84 Å². The molecular formula is C9H10O4S. The average molecular weight is 214 g/mol. The Labute approximate surface area is 84.0 Å². The first kappa shape index (κ1) is 10.7. The van der Waals surface area contributed by atoms with Crippen LogP contribution in [0.3, 0.4) is 0 Å². The molecule has 0 bridgehead atoms. The van der Waals surface area contributed by atoms with Crippen LogP contribution >= 0.6 is 0 Å². The lowest BCUT2D eigenvalue weighted by Gasteiger charge is -2.03. The molecule has 76 valence electrons. The van der Waals surface area contributed by atoms with E-state index in [-0.39, 0.29) is 17.3 Å². The molecular weight excluding hydrogens is 204 g/mol. The Morgan fingerprint density at radius 3 is 2.71 bits per heavy atom. The van der Waals surface area contributed by atoms with Crippen LogP contribution in [0.15, 0.2) is 24.3 Å². The summed E-state index contributed by atoms with van der Waals surface area (Å²) < 4.78 is 15.3. The van der Waals surface area contributed by atoms with E-state index in [0.29, 0.717) is 0 Å². The molecule has 1 atom stereocenters. The minimum absolute atomic E-state index is 0.0814. The number of esters is 1. The Bertz CT molecular complexity index is 362. The average Bonchev–Trinajstić information content (AvgIpc) is 2.15. The zero-order valence-corrected chi connectivity index (χ0v) is 8.41. The lowest BCUT2D eigenvalue weighted by atomic mass is 10.2. The van der Waals surface area contributed by atoms with Gasteiger partial charge in [-0.15, -0.1) is 0 Å². The minimum Gasteiger partial charge on any atom is -0.507 e. The maximum Gasteiger partial charge on any atom is 0.342 e.